The Balaban J connectivity index is 2.54. The molecule has 0 aliphatic carbocycles. The lowest BCUT2D eigenvalue weighted by atomic mass is 10.0. The monoisotopic (exact) mass is 128 g/mol. The van der Waals surface area contributed by atoms with Crippen LogP contribution in [0.1, 0.15) is 20.3 Å². The Bertz CT molecular complexity index is 135. The van der Waals surface area contributed by atoms with Gasteiger partial charge < -0.3 is 10.6 Å². The zero-order valence-electron chi connectivity index (χ0n) is 5.82. The van der Waals surface area contributed by atoms with Gasteiger partial charge in [0.1, 0.15) is 0 Å². The first-order valence-electron chi connectivity index (χ1n) is 3.22. The summed E-state index contributed by atoms with van der Waals surface area (Å²) in [5.41, 5.74) is -0.00289. The molecule has 0 spiro atoms. The second-order valence-corrected chi connectivity index (χ2v) is 2.72. The molecule has 1 aliphatic heterocycles. The third-order valence-corrected chi connectivity index (χ3v) is 1.83. The Hall–Kier alpha value is -0.730. The van der Waals surface area contributed by atoms with Gasteiger partial charge in [-0.1, -0.05) is 6.92 Å². The molecule has 1 unspecified atom stereocenters. The summed E-state index contributed by atoms with van der Waals surface area (Å²) in [6.45, 7) is 4.85. The lowest BCUT2D eigenvalue weighted by Gasteiger charge is -2.18. The van der Waals surface area contributed by atoms with Crippen molar-refractivity contribution < 1.29 is 4.79 Å². The van der Waals surface area contributed by atoms with Gasteiger partial charge in [0, 0.05) is 6.54 Å². The predicted octanol–water partition coefficient (Wildman–Crippen LogP) is 0.468. The number of rotatable bonds is 1. The van der Waals surface area contributed by atoms with Crippen LogP contribution in [0.2, 0.25) is 0 Å². The second-order valence-electron chi connectivity index (χ2n) is 2.72. The molecular weight excluding hydrogens is 116 g/mol. The highest BCUT2D eigenvalue weighted by atomic mass is 16.2. The van der Waals surface area contributed by atoms with Crippen LogP contribution in [-0.4, -0.2) is 18.1 Å². The van der Waals surface area contributed by atoms with Gasteiger partial charge in [0.15, 0.2) is 0 Å². The van der Waals surface area contributed by atoms with Crippen LogP contribution in [0.25, 0.3) is 0 Å². The lowest BCUT2D eigenvalue weighted by Crippen LogP contribution is -2.39. The summed E-state index contributed by atoms with van der Waals surface area (Å²) in [6, 6.07) is -0.0423. The van der Waals surface area contributed by atoms with E-state index in [1.165, 1.54) is 0 Å². The van der Waals surface area contributed by atoms with Crippen LogP contribution in [0.15, 0.2) is 0 Å². The number of amides is 2. The van der Waals surface area contributed by atoms with Gasteiger partial charge in [0.25, 0.3) is 0 Å². The molecule has 0 aromatic rings. The third-order valence-electron chi connectivity index (χ3n) is 1.83. The normalized spacial score (nSPS) is 33.8. The van der Waals surface area contributed by atoms with E-state index < -0.39 is 0 Å². The zero-order chi connectivity index (χ0) is 6.91. The van der Waals surface area contributed by atoms with Crippen LogP contribution in [-0.2, 0) is 0 Å². The van der Waals surface area contributed by atoms with Crippen molar-refractivity contribution in [2.24, 2.45) is 0 Å². The minimum Gasteiger partial charge on any atom is -0.336 e. The molecule has 3 nitrogen and oxygen atoms in total. The number of carbonyl (C=O) groups excluding carboxylic acids is 1. The van der Waals surface area contributed by atoms with Crippen LogP contribution < -0.4 is 10.6 Å². The van der Waals surface area contributed by atoms with E-state index >= 15 is 0 Å². The van der Waals surface area contributed by atoms with Gasteiger partial charge in [-0.05, 0) is 13.3 Å². The fourth-order valence-corrected chi connectivity index (χ4v) is 0.851. The van der Waals surface area contributed by atoms with Crippen molar-refractivity contribution in [2.45, 2.75) is 25.8 Å². The molecule has 1 rings (SSSR count). The standard InChI is InChI=1S/C6H12N2O/c1-3-6(2)4-7-5(9)8-6/h3-4H2,1-2H3,(H2,7,8,9). The molecule has 0 aromatic heterocycles. The number of hydrogen-bond donors (Lipinski definition) is 2. The summed E-state index contributed by atoms with van der Waals surface area (Å²) in [5, 5.41) is 5.54. The van der Waals surface area contributed by atoms with Crippen molar-refractivity contribution in [2.75, 3.05) is 6.54 Å². The summed E-state index contributed by atoms with van der Waals surface area (Å²) >= 11 is 0. The summed E-state index contributed by atoms with van der Waals surface area (Å²) < 4.78 is 0. The average Bonchev–Trinajstić information content (AvgIpc) is 2.13. The summed E-state index contributed by atoms with van der Waals surface area (Å²) in [4.78, 5) is 10.6. The Kier molecular flexibility index (Phi) is 1.35. The highest BCUT2D eigenvalue weighted by Crippen LogP contribution is 2.10. The Morgan fingerprint density at radius 2 is 2.44 bits per heavy atom. The van der Waals surface area contributed by atoms with Gasteiger partial charge in [-0.3, -0.25) is 0 Å². The van der Waals surface area contributed by atoms with Gasteiger partial charge in [-0.2, -0.15) is 0 Å². The lowest BCUT2D eigenvalue weighted by molar-refractivity contribution is 0.245. The smallest absolute Gasteiger partial charge is 0.315 e. The average molecular weight is 128 g/mol. The molecule has 2 N–H and O–H groups in total. The maximum atomic E-state index is 10.6. The quantitative estimate of drug-likeness (QED) is 0.529. The molecule has 1 atom stereocenters. The Morgan fingerprint density at radius 1 is 1.78 bits per heavy atom. The summed E-state index contributed by atoms with van der Waals surface area (Å²) in [6.07, 6.45) is 0.978. The molecule has 0 aromatic carbocycles. The molecule has 1 aliphatic rings. The van der Waals surface area contributed by atoms with Crippen LogP contribution in [0.4, 0.5) is 4.79 Å². The van der Waals surface area contributed by atoms with Gasteiger partial charge in [-0.15, -0.1) is 0 Å². The fraction of sp³-hybridized carbons (Fsp3) is 0.833. The number of nitrogens with one attached hydrogen (secondary N) is 2. The van der Waals surface area contributed by atoms with E-state index in [1.807, 2.05) is 6.92 Å². The van der Waals surface area contributed by atoms with Crippen molar-refractivity contribution in [3.63, 3.8) is 0 Å². The van der Waals surface area contributed by atoms with E-state index in [2.05, 4.69) is 17.6 Å². The maximum absolute atomic E-state index is 10.6. The van der Waals surface area contributed by atoms with E-state index in [9.17, 15) is 4.79 Å². The van der Waals surface area contributed by atoms with E-state index in [0.29, 0.717) is 0 Å². The summed E-state index contributed by atoms with van der Waals surface area (Å²) in [7, 11) is 0. The van der Waals surface area contributed by atoms with Crippen LogP contribution in [0.3, 0.4) is 0 Å². The van der Waals surface area contributed by atoms with E-state index in [1.54, 1.807) is 0 Å². The van der Waals surface area contributed by atoms with Crippen molar-refractivity contribution in [1.29, 1.82) is 0 Å². The molecule has 3 heteroatoms. The van der Waals surface area contributed by atoms with Crippen molar-refractivity contribution in [1.82, 2.24) is 10.6 Å². The second kappa shape index (κ2) is 1.90. The van der Waals surface area contributed by atoms with Gasteiger partial charge >= 0.3 is 6.03 Å². The summed E-state index contributed by atoms with van der Waals surface area (Å²) in [5.74, 6) is 0. The Morgan fingerprint density at radius 3 is 2.67 bits per heavy atom. The first-order valence-corrected chi connectivity index (χ1v) is 3.22. The van der Waals surface area contributed by atoms with Crippen LogP contribution >= 0.6 is 0 Å². The van der Waals surface area contributed by atoms with Gasteiger partial charge in [0.2, 0.25) is 0 Å². The largest absolute Gasteiger partial charge is 0.336 e. The molecule has 9 heavy (non-hydrogen) atoms. The topological polar surface area (TPSA) is 41.1 Å². The molecule has 0 radical (unpaired) electrons. The molecule has 0 saturated carbocycles. The molecule has 0 bridgehead atoms. The highest BCUT2D eigenvalue weighted by molar-refractivity contribution is 5.77. The Labute approximate surface area is 54.8 Å². The van der Waals surface area contributed by atoms with Gasteiger partial charge in [0.05, 0.1) is 5.54 Å². The minimum atomic E-state index is -0.0423. The van der Waals surface area contributed by atoms with E-state index in [0.717, 1.165) is 13.0 Å². The van der Waals surface area contributed by atoms with Crippen molar-refractivity contribution >= 4 is 6.03 Å². The molecule has 2 amide bonds. The third kappa shape index (κ3) is 1.15. The SMILES string of the molecule is CCC1(C)CNC(=O)N1. The van der Waals surface area contributed by atoms with Crippen molar-refractivity contribution in [3.8, 4) is 0 Å². The molecule has 1 fully saturated rings. The number of urea groups is 1. The first-order chi connectivity index (χ1) is 4.16. The molecule has 1 heterocycles. The van der Waals surface area contributed by atoms with Crippen molar-refractivity contribution in [3.05, 3.63) is 0 Å². The predicted molar refractivity (Wildman–Crippen MR) is 35.2 cm³/mol. The fourth-order valence-electron chi connectivity index (χ4n) is 0.851. The maximum Gasteiger partial charge on any atom is 0.315 e. The van der Waals surface area contributed by atoms with E-state index in [-0.39, 0.29) is 11.6 Å². The first kappa shape index (κ1) is 6.39. The number of hydrogen-bond acceptors (Lipinski definition) is 1. The molecular formula is C6H12N2O. The van der Waals surface area contributed by atoms with Crippen LogP contribution in [0, 0.1) is 0 Å². The minimum absolute atomic E-state index is 0.00289. The zero-order valence-corrected chi connectivity index (χ0v) is 5.82. The highest BCUT2D eigenvalue weighted by Gasteiger charge is 2.30. The van der Waals surface area contributed by atoms with E-state index in [4.69, 9.17) is 0 Å². The van der Waals surface area contributed by atoms with Crippen LogP contribution in [0.5, 0.6) is 0 Å². The van der Waals surface area contributed by atoms with Gasteiger partial charge in [-0.25, -0.2) is 4.79 Å². The molecule has 52 valence electrons. The number of carbonyl (C=O) groups is 1. The molecule has 1 saturated heterocycles.